The quantitative estimate of drug-likeness (QED) is 0.867. The van der Waals surface area contributed by atoms with Gasteiger partial charge in [-0.1, -0.05) is 54.6 Å². The van der Waals surface area contributed by atoms with Crippen LogP contribution in [0.15, 0.2) is 54.6 Å². The molecule has 1 N–H and O–H groups in total. The van der Waals surface area contributed by atoms with Gasteiger partial charge in [0.1, 0.15) is 5.60 Å². The van der Waals surface area contributed by atoms with Gasteiger partial charge in [-0.05, 0) is 13.8 Å². The van der Waals surface area contributed by atoms with E-state index in [1.807, 2.05) is 6.07 Å². The summed E-state index contributed by atoms with van der Waals surface area (Å²) in [6.07, 6.45) is 0. The molecule has 0 heterocycles. The molecule has 0 radical (unpaired) electrons. The number of carbonyl (C=O) groups excluding carboxylic acids is 2. The Morgan fingerprint density at radius 3 is 1.90 bits per heavy atom. The van der Waals surface area contributed by atoms with Crippen molar-refractivity contribution in [1.29, 1.82) is 0 Å². The molecule has 0 saturated heterocycles. The molecule has 0 bridgehead atoms. The molecule has 0 spiro atoms. The number of rotatable bonds is 4. The van der Waals surface area contributed by atoms with Gasteiger partial charge in [-0.15, -0.1) is 0 Å². The lowest BCUT2D eigenvalue weighted by Gasteiger charge is -2.17. The van der Waals surface area contributed by atoms with E-state index in [9.17, 15) is 14.7 Å². The Labute approximate surface area is 117 Å². The SMILES string of the molecule is CC(C)(O)C(=O)c1ccccc1C(=O)c1ccccc1. The largest absolute Gasteiger partial charge is 0.382 e. The monoisotopic (exact) mass is 268 g/mol. The average molecular weight is 268 g/mol. The number of Topliss-reactive ketones (excluding diaryl/α,β-unsaturated/α-hetero) is 1. The van der Waals surface area contributed by atoms with Crippen molar-refractivity contribution in [1.82, 2.24) is 0 Å². The molecule has 0 saturated carbocycles. The van der Waals surface area contributed by atoms with Crippen molar-refractivity contribution in [3.8, 4) is 0 Å². The van der Waals surface area contributed by atoms with E-state index in [1.165, 1.54) is 13.8 Å². The first-order chi connectivity index (χ1) is 9.41. The molecular formula is C17H16O3. The van der Waals surface area contributed by atoms with E-state index < -0.39 is 11.4 Å². The third-order valence-electron chi connectivity index (χ3n) is 3.01. The fraction of sp³-hybridized carbons (Fsp3) is 0.176. The standard InChI is InChI=1S/C17H16O3/c1-17(2,20)16(19)14-11-7-6-10-13(14)15(18)12-8-4-3-5-9-12/h3-11,20H,1-2H3. The van der Waals surface area contributed by atoms with Crippen molar-refractivity contribution >= 4 is 11.6 Å². The van der Waals surface area contributed by atoms with Crippen LogP contribution >= 0.6 is 0 Å². The summed E-state index contributed by atoms with van der Waals surface area (Å²) < 4.78 is 0. The molecule has 0 aliphatic rings. The zero-order chi connectivity index (χ0) is 14.8. The van der Waals surface area contributed by atoms with Crippen LogP contribution in [0.5, 0.6) is 0 Å². The first kappa shape index (κ1) is 14.2. The van der Waals surface area contributed by atoms with E-state index in [2.05, 4.69) is 0 Å². The van der Waals surface area contributed by atoms with Crippen molar-refractivity contribution in [2.24, 2.45) is 0 Å². The maximum absolute atomic E-state index is 12.5. The van der Waals surface area contributed by atoms with Crippen LogP contribution in [-0.2, 0) is 0 Å². The number of benzene rings is 2. The maximum Gasteiger partial charge on any atom is 0.194 e. The highest BCUT2D eigenvalue weighted by Gasteiger charge is 2.28. The third kappa shape index (κ3) is 2.83. The smallest absolute Gasteiger partial charge is 0.194 e. The highest BCUT2D eigenvalue weighted by molar-refractivity contribution is 6.17. The Hall–Kier alpha value is -2.26. The van der Waals surface area contributed by atoms with Gasteiger partial charge < -0.3 is 5.11 Å². The maximum atomic E-state index is 12.5. The second kappa shape index (κ2) is 5.39. The van der Waals surface area contributed by atoms with Crippen LogP contribution in [-0.4, -0.2) is 22.3 Å². The second-order valence-electron chi connectivity index (χ2n) is 5.13. The predicted octanol–water partition coefficient (Wildman–Crippen LogP) is 2.87. The molecular weight excluding hydrogens is 252 g/mol. The lowest BCUT2D eigenvalue weighted by atomic mass is 9.90. The molecule has 102 valence electrons. The zero-order valence-corrected chi connectivity index (χ0v) is 11.5. The lowest BCUT2D eigenvalue weighted by Crippen LogP contribution is -2.32. The van der Waals surface area contributed by atoms with E-state index >= 15 is 0 Å². The van der Waals surface area contributed by atoms with Crippen molar-refractivity contribution in [3.63, 3.8) is 0 Å². The lowest BCUT2D eigenvalue weighted by molar-refractivity contribution is 0.0486. The Morgan fingerprint density at radius 1 is 0.850 bits per heavy atom. The van der Waals surface area contributed by atoms with Crippen molar-refractivity contribution in [3.05, 3.63) is 71.3 Å². The predicted molar refractivity (Wildman–Crippen MR) is 76.9 cm³/mol. The fourth-order valence-corrected chi connectivity index (χ4v) is 1.95. The van der Waals surface area contributed by atoms with Gasteiger partial charge in [0.05, 0.1) is 0 Å². The van der Waals surface area contributed by atoms with E-state index in [4.69, 9.17) is 0 Å². The van der Waals surface area contributed by atoms with Gasteiger partial charge in [0.25, 0.3) is 0 Å². The van der Waals surface area contributed by atoms with Gasteiger partial charge >= 0.3 is 0 Å². The number of carbonyl (C=O) groups is 2. The summed E-state index contributed by atoms with van der Waals surface area (Å²) in [5, 5.41) is 9.86. The normalized spacial score (nSPS) is 11.2. The summed E-state index contributed by atoms with van der Waals surface area (Å²) in [6.45, 7) is 2.83. The molecule has 2 aromatic carbocycles. The van der Waals surface area contributed by atoms with Crippen molar-refractivity contribution in [2.75, 3.05) is 0 Å². The minimum atomic E-state index is -1.51. The Morgan fingerprint density at radius 2 is 1.35 bits per heavy atom. The fourth-order valence-electron chi connectivity index (χ4n) is 1.95. The van der Waals surface area contributed by atoms with E-state index in [1.54, 1.807) is 48.5 Å². The van der Waals surface area contributed by atoms with Gasteiger partial charge in [-0.3, -0.25) is 9.59 Å². The molecule has 0 fully saturated rings. The summed E-state index contributed by atoms with van der Waals surface area (Å²) in [7, 11) is 0. The first-order valence-electron chi connectivity index (χ1n) is 6.37. The molecule has 0 aliphatic heterocycles. The van der Waals surface area contributed by atoms with E-state index in [-0.39, 0.29) is 11.3 Å². The minimum Gasteiger partial charge on any atom is -0.382 e. The summed E-state index contributed by atoms with van der Waals surface area (Å²) in [5.41, 5.74) is -0.434. The Balaban J connectivity index is 2.49. The molecule has 0 unspecified atom stereocenters. The van der Waals surface area contributed by atoms with Crippen molar-refractivity contribution in [2.45, 2.75) is 19.4 Å². The molecule has 0 aliphatic carbocycles. The van der Waals surface area contributed by atoms with Crippen LogP contribution in [0.3, 0.4) is 0 Å². The third-order valence-corrected chi connectivity index (χ3v) is 3.01. The van der Waals surface area contributed by atoms with Crippen LogP contribution in [0.1, 0.15) is 40.1 Å². The molecule has 2 rings (SSSR count). The van der Waals surface area contributed by atoms with E-state index in [0.717, 1.165) is 0 Å². The van der Waals surface area contributed by atoms with Gasteiger partial charge in [-0.25, -0.2) is 0 Å². The Kier molecular flexibility index (Phi) is 3.81. The highest BCUT2D eigenvalue weighted by Crippen LogP contribution is 2.19. The molecule has 2 aromatic rings. The number of hydrogen-bond donors (Lipinski definition) is 1. The molecule has 3 heteroatoms. The van der Waals surface area contributed by atoms with Crippen LogP contribution in [0.2, 0.25) is 0 Å². The van der Waals surface area contributed by atoms with Crippen molar-refractivity contribution < 1.29 is 14.7 Å². The molecule has 0 atom stereocenters. The molecule has 0 amide bonds. The summed E-state index contributed by atoms with van der Waals surface area (Å²) in [6, 6.07) is 15.3. The Bertz CT molecular complexity index is 637. The summed E-state index contributed by atoms with van der Waals surface area (Å²) >= 11 is 0. The zero-order valence-electron chi connectivity index (χ0n) is 11.5. The van der Waals surface area contributed by atoms with Gasteiger partial charge in [0.15, 0.2) is 11.6 Å². The summed E-state index contributed by atoms with van der Waals surface area (Å²) in [5.74, 6) is -0.684. The topological polar surface area (TPSA) is 54.4 Å². The minimum absolute atomic E-state index is 0.223. The van der Waals surface area contributed by atoms with Crippen LogP contribution in [0, 0.1) is 0 Å². The molecule has 3 nitrogen and oxygen atoms in total. The number of hydrogen-bond acceptors (Lipinski definition) is 3. The average Bonchev–Trinajstić information content (AvgIpc) is 2.45. The van der Waals surface area contributed by atoms with Crippen LogP contribution in [0.4, 0.5) is 0 Å². The van der Waals surface area contributed by atoms with Gasteiger partial charge in [0, 0.05) is 16.7 Å². The second-order valence-corrected chi connectivity index (χ2v) is 5.13. The molecule has 0 aromatic heterocycles. The number of ketones is 2. The van der Waals surface area contributed by atoms with Gasteiger partial charge in [0.2, 0.25) is 0 Å². The first-order valence-corrected chi connectivity index (χ1v) is 6.37. The van der Waals surface area contributed by atoms with Crippen LogP contribution in [0.25, 0.3) is 0 Å². The van der Waals surface area contributed by atoms with Crippen LogP contribution < -0.4 is 0 Å². The van der Waals surface area contributed by atoms with E-state index in [0.29, 0.717) is 11.1 Å². The highest BCUT2D eigenvalue weighted by atomic mass is 16.3. The number of aliphatic hydroxyl groups is 1. The summed E-state index contributed by atoms with van der Waals surface area (Å²) in [4.78, 5) is 24.7. The molecule has 20 heavy (non-hydrogen) atoms. The van der Waals surface area contributed by atoms with Gasteiger partial charge in [-0.2, -0.15) is 0 Å².